The summed E-state index contributed by atoms with van der Waals surface area (Å²) < 4.78 is 5.60. The summed E-state index contributed by atoms with van der Waals surface area (Å²) in [6.45, 7) is 1.25. The topological polar surface area (TPSA) is 61.9 Å². The van der Waals surface area contributed by atoms with Gasteiger partial charge in [-0.05, 0) is 50.7 Å². The van der Waals surface area contributed by atoms with E-state index in [-0.39, 0.29) is 24.3 Å². The van der Waals surface area contributed by atoms with Gasteiger partial charge in [0.2, 0.25) is 5.91 Å². The van der Waals surface area contributed by atoms with Gasteiger partial charge in [-0.2, -0.15) is 0 Å². The average Bonchev–Trinajstić information content (AvgIpc) is 3.09. The second kappa shape index (κ2) is 8.52. The molecule has 0 radical (unpaired) electrons. The molecule has 0 aromatic heterocycles. The molecular weight excluding hydrogens is 354 g/mol. The molecular formula is C22H31N3O3. The fourth-order valence-corrected chi connectivity index (χ4v) is 4.97. The Morgan fingerprint density at radius 1 is 1.14 bits per heavy atom. The first-order chi connectivity index (χ1) is 13.6. The molecule has 28 heavy (non-hydrogen) atoms. The summed E-state index contributed by atoms with van der Waals surface area (Å²) in [6.07, 6.45) is 6.31. The summed E-state index contributed by atoms with van der Waals surface area (Å²) in [5.41, 5.74) is 0. The van der Waals surface area contributed by atoms with Crippen LogP contribution in [0, 0.1) is 5.92 Å². The highest BCUT2D eigenvalue weighted by atomic mass is 16.5. The molecule has 3 saturated heterocycles. The largest absolute Gasteiger partial charge is 0.484 e. The summed E-state index contributed by atoms with van der Waals surface area (Å²) >= 11 is 0. The second-order valence-corrected chi connectivity index (χ2v) is 8.49. The van der Waals surface area contributed by atoms with Crippen LogP contribution < -0.4 is 10.1 Å². The van der Waals surface area contributed by atoms with Crippen molar-refractivity contribution in [1.82, 2.24) is 15.1 Å². The molecule has 2 bridgehead atoms. The lowest BCUT2D eigenvalue weighted by Gasteiger charge is -2.39. The van der Waals surface area contributed by atoms with Gasteiger partial charge >= 0.3 is 0 Å². The number of benzene rings is 1. The number of amides is 2. The predicted molar refractivity (Wildman–Crippen MR) is 107 cm³/mol. The van der Waals surface area contributed by atoms with Gasteiger partial charge in [0.05, 0.1) is 5.92 Å². The third kappa shape index (κ3) is 4.32. The Labute approximate surface area is 167 Å². The highest BCUT2D eigenvalue weighted by molar-refractivity contribution is 5.82. The van der Waals surface area contributed by atoms with Gasteiger partial charge in [0.1, 0.15) is 5.75 Å². The van der Waals surface area contributed by atoms with Gasteiger partial charge in [-0.1, -0.05) is 18.2 Å². The molecule has 152 valence electrons. The molecule has 1 aromatic rings. The Balaban J connectivity index is 1.30. The summed E-state index contributed by atoms with van der Waals surface area (Å²) in [4.78, 5) is 29.5. The van der Waals surface area contributed by atoms with E-state index < -0.39 is 0 Å². The van der Waals surface area contributed by atoms with Crippen LogP contribution in [0.3, 0.4) is 0 Å². The molecule has 3 heterocycles. The number of hydrogen-bond acceptors (Lipinski definition) is 4. The molecule has 3 aliphatic heterocycles. The van der Waals surface area contributed by atoms with Crippen LogP contribution in [-0.4, -0.2) is 66.5 Å². The van der Waals surface area contributed by atoms with Gasteiger partial charge < -0.3 is 19.9 Å². The van der Waals surface area contributed by atoms with Crippen molar-refractivity contribution in [1.29, 1.82) is 0 Å². The van der Waals surface area contributed by atoms with Crippen LogP contribution >= 0.6 is 0 Å². The number of nitrogens with zero attached hydrogens (tertiary/aromatic N) is 2. The zero-order valence-electron chi connectivity index (χ0n) is 16.7. The maximum atomic E-state index is 13.1. The van der Waals surface area contributed by atoms with E-state index in [0.29, 0.717) is 37.0 Å². The average molecular weight is 386 g/mol. The van der Waals surface area contributed by atoms with Crippen molar-refractivity contribution in [2.45, 2.75) is 56.7 Å². The van der Waals surface area contributed by atoms with Crippen LogP contribution in [0.25, 0.3) is 0 Å². The van der Waals surface area contributed by atoms with Crippen molar-refractivity contribution in [3.63, 3.8) is 0 Å². The van der Waals surface area contributed by atoms with Gasteiger partial charge in [0.25, 0.3) is 5.91 Å². The van der Waals surface area contributed by atoms with Crippen molar-refractivity contribution in [3.05, 3.63) is 30.3 Å². The monoisotopic (exact) mass is 385 g/mol. The van der Waals surface area contributed by atoms with Crippen LogP contribution in [0.5, 0.6) is 5.75 Å². The molecule has 6 nitrogen and oxygen atoms in total. The van der Waals surface area contributed by atoms with Crippen LogP contribution in [0.1, 0.15) is 38.5 Å². The van der Waals surface area contributed by atoms with Gasteiger partial charge in [0, 0.05) is 38.3 Å². The number of likely N-dealkylation sites (tertiary alicyclic amines) is 1. The molecule has 3 aliphatic rings. The zero-order valence-corrected chi connectivity index (χ0v) is 16.7. The minimum Gasteiger partial charge on any atom is -0.484 e. The minimum atomic E-state index is -0.0908. The van der Waals surface area contributed by atoms with E-state index in [1.165, 1.54) is 12.8 Å². The quantitative estimate of drug-likeness (QED) is 0.843. The lowest BCUT2D eigenvalue weighted by atomic mass is 9.93. The summed E-state index contributed by atoms with van der Waals surface area (Å²) in [5.74, 6) is 0.768. The van der Waals surface area contributed by atoms with Crippen molar-refractivity contribution >= 4 is 11.8 Å². The van der Waals surface area contributed by atoms with Gasteiger partial charge in [0.15, 0.2) is 6.61 Å². The number of nitrogens with one attached hydrogen (secondary N) is 1. The van der Waals surface area contributed by atoms with Crippen molar-refractivity contribution in [2.75, 3.05) is 26.7 Å². The standard InChI is InChI=1S/C22H31N3O3/c1-24(19-12-17-9-10-18(13-19)23-17)22(27)16-6-5-11-25(14-16)21(26)15-28-20-7-3-2-4-8-20/h2-4,7-8,16-19,23H,5-6,9-15H2,1H3. The van der Waals surface area contributed by atoms with Gasteiger partial charge in [-0.15, -0.1) is 0 Å². The number of fused-ring (bicyclic) bond motifs is 2. The number of hydrogen-bond donors (Lipinski definition) is 1. The molecule has 3 unspecified atom stereocenters. The Morgan fingerprint density at radius 3 is 2.57 bits per heavy atom. The third-order valence-electron chi connectivity index (χ3n) is 6.57. The zero-order chi connectivity index (χ0) is 19.5. The van der Waals surface area contributed by atoms with Crippen LogP contribution in [0.2, 0.25) is 0 Å². The molecule has 3 fully saturated rings. The van der Waals surface area contributed by atoms with Crippen molar-refractivity contribution in [3.8, 4) is 5.75 Å². The fraction of sp³-hybridized carbons (Fsp3) is 0.636. The number of rotatable bonds is 5. The highest BCUT2D eigenvalue weighted by Gasteiger charge is 2.38. The Bertz CT molecular complexity index is 684. The first-order valence-corrected chi connectivity index (χ1v) is 10.6. The number of carbonyl (C=O) groups is 2. The Morgan fingerprint density at radius 2 is 1.86 bits per heavy atom. The number of ether oxygens (including phenoxy) is 1. The first-order valence-electron chi connectivity index (χ1n) is 10.6. The van der Waals surface area contributed by atoms with E-state index in [1.54, 1.807) is 4.90 Å². The lowest BCUT2D eigenvalue weighted by molar-refractivity contribution is -0.142. The molecule has 0 aliphatic carbocycles. The molecule has 6 heteroatoms. The van der Waals surface area contributed by atoms with E-state index in [9.17, 15) is 9.59 Å². The maximum absolute atomic E-state index is 13.1. The van der Waals surface area contributed by atoms with E-state index in [4.69, 9.17) is 4.74 Å². The third-order valence-corrected chi connectivity index (χ3v) is 6.57. The van der Waals surface area contributed by atoms with Crippen molar-refractivity contribution in [2.24, 2.45) is 5.92 Å². The number of para-hydroxylation sites is 1. The first kappa shape index (κ1) is 19.2. The van der Waals surface area contributed by atoms with E-state index in [1.807, 2.05) is 42.3 Å². The predicted octanol–water partition coefficient (Wildman–Crippen LogP) is 2.05. The molecule has 3 atom stereocenters. The van der Waals surface area contributed by atoms with E-state index in [2.05, 4.69) is 5.32 Å². The summed E-state index contributed by atoms with van der Waals surface area (Å²) in [5, 5.41) is 3.64. The van der Waals surface area contributed by atoms with Gasteiger partial charge in [-0.3, -0.25) is 9.59 Å². The van der Waals surface area contributed by atoms with Crippen LogP contribution in [0.4, 0.5) is 0 Å². The summed E-state index contributed by atoms with van der Waals surface area (Å²) in [6, 6.07) is 10.8. The summed E-state index contributed by atoms with van der Waals surface area (Å²) in [7, 11) is 1.96. The molecule has 4 rings (SSSR count). The Kier molecular flexibility index (Phi) is 5.85. The number of carbonyl (C=O) groups excluding carboxylic acids is 2. The molecule has 2 amide bonds. The molecule has 0 spiro atoms. The smallest absolute Gasteiger partial charge is 0.260 e. The van der Waals surface area contributed by atoms with Crippen LogP contribution in [-0.2, 0) is 9.59 Å². The van der Waals surface area contributed by atoms with E-state index >= 15 is 0 Å². The van der Waals surface area contributed by atoms with Crippen LogP contribution in [0.15, 0.2) is 30.3 Å². The fourth-order valence-electron chi connectivity index (χ4n) is 4.97. The normalized spacial score (nSPS) is 29.4. The molecule has 0 saturated carbocycles. The lowest BCUT2D eigenvalue weighted by Crippen LogP contribution is -2.52. The second-order valence-electron chi connectivity index (χ2n) is 8.49. The Hall–Kier alpha value is -2.08. The van der Waals surface area contributed by atoms with Crippen molar-refractivity contribution < 1.29 is 14.3 Å². The minimum absolute atomic E-state index is 0.0262. The van der Waals surface area contributed by atoms with E-state index in [0.717, 1.165) is 25.7 Å². The van der Waals surface area contributed by atoms with Gasteiger partial charge in [-0.25, -0.2) is 0 Å². The highest BCUT2D eigenvalue weighted by Crippen LogP contribution is 2.30. The maximum Gasteiger partial charge on any atom is 0.260 e. The molecule has 1 aromatic carbocycles. The number of piperidine rings is 2. The molecule has 1 N–H and O–H groups in total. The SMILES string of the molecule is CN(C(=O)C1CCCN(C(=O)COc2ccccc2)C1)C1CC2CCC(C1)N2.